The summed E-state index contributed by atoms with van der Waals surface area (Å²) in [6.07, 6.45) is 4.52. The molecule has 0 aromatic heterocycles. The minimum Gasteiger partial charge on any atom is -0.394 e. The summed E-state index contributed by atoms with van der Waals surface area (Å²) in [6.45, 7) is 1.72. The number of nitrogens with one attached hydrogen (secondary N) is 1. The number of amides is 1. The van der Waals surface area contributed by atoms with Gasteiger partial charge in [0.15, 0.2) is 0 Å². The van der Waals surface area contributed by atoms with Gasteiger partial charge in [0.25, 0.3) is 0 Å². The lowest BCUT2D eigenvalue weighted by Gasteiger charge is -2.37. The van der Waals surface area contributed by atoms with Gasteiger partial charge >= 0.3 is 0 Å². The maximum absolute atomic E-state index is 11.9. The average Bonchev–Trinajstić information content (AvgIpc) is 2.98. The van der Waals surface area contributed by atoms with Gasteiger partial charge in [-0.15, -0.1) is 12.4 Å². The van der Waals surface area contributed by atoms with E-state index in [0.717, 1.165) is 12.8 Å². The highest BCUT2D eigenvalue weighted by Gasteiger charge is 2.41. The molecule has 0 bridgehead atoms. The molecule has 1 fully saturated rings. The number of aliphatic hydroxyl groups is 1. The molecule has 2 rings (SSSR count). The quantitative estimate of drug-likeness (QED) is 0.775. The lowest BCUT2D eigenvalue weighted by atomic mass is 9.73. The van der Waals surface area contributed by atoms with Gasteiger partial charge in [0.1, 0.15) is 6.04 Å². The average molecular weight is 313 g/mol. The standard InChI is InChI=1S/C16H24N2O2.ClH/c1-12(18-15(20)14(17)11-19)16(9-5-6-10-16)13-7-3-2-4-8-13;/h2-4,7-8,12,14,19H,5-6,9-11,17H2,1H3,(H,18,20);1H/t12?,14-;/m0./s1. The fourth-order valence-corrected chi connectivity index (χ4v) is 3.29. The third-order valence-corrected chi connectivity index (χ3v) is 4.57. The number of rotatable bonds is 5. The molecule has 0 saturated heterocycles. The highest BCUT2D eigenvalue weighted by molar-refractivity contribution is 5.85. The molecule has 0 radical (unpaired) electrons. The van der Waals surface area contributed by atoms with Crippen molar-refractivity contribution in [3.05, 3.63) is 35.9 Å². The first-order valence-corrected chi connectivity index (χ1v) is 7.32. The summed E-state index contributed by atoms with van der Waals surface area (Å²) in [6, 6.07) is 9.55. The Labute approximate surface area is 132 Å². The van der Waals surface area contributed by atoms with Gasteiger partial charge in [-0.2, -0.15) is 0 Å². The smallest absolute Gasteiger partial charge is 0.239 e. The number of carbonyl (C=O) groups is 1. The molecule has 0 heterocycles. The van der Waals surface area contributed by atoms with Gasteiger partial charge in [0, 0.05) is 11.5 Å². The molecule has 118 valence electrons. The van der Waals surface area contributed by atoms with E-state index in [1.165, 1.54) is 18.4 Å². The van der Waals surface area contributed by atoms with Crippen molar-refractivity contribution < 1.29 is 9.90 Å². The SMILES string of the molecule is CC(NC(=O)[C@@H](N)CO)C1(c2ccccc2)CCCC1.Cl. The number of halogens is 1. The first-order chi connectivity index (χ1) is 9.60. The monoisotopic (exact) mass is 312 g/mol. The van der Waals surface area contributed by atoms with Crippen LogP contribution in [-0.2, 0) is 10.2 Å². The predicted molar refractivity (Wildman–Crippen MR) is 86.5 cm³/mol. The van der Waals surface area contributed by atoms with Crippen molar-refractivity contribution in [2.75, 3.05) is 6.61 Å². The minimum atomic E-state index is -0.841. The van der Waals surface area contributed by atoms with Crippen LogP contribution in [0.4, 0.5) is 0 Å². The normalized spacial score (nSPS) is 19.4. The number of nitrogens with two attached hydrogens (primary N) is 1. The Morgan fingerprint density at radius 2 is 1.90 bits per heavy atom. The Balaban J connectivity index is 0.00000220. The van der Waals surface area contributed by atoms with Crippen LogP contribution in [0.5, 0.6) is 0 Å². The van der Waals surface area contributed by atoms with Crippen LogP contribution in [0.3, 0.4) is 0 Å². The van der Waals surface area contributed by atoms with Crippen LogP contribution in [-0.4, -0.2) is 29.7 Å². The number of benzene rings is 1. The summed E-state index contributed by atoms with van der Waals surface area (Å²) in [5, 5.41) is 12.0. The molecular formula is C16H25ClN2O2. The highest BCUT2D eigenvalue weighted by Crippen LogP contribution is 2.43. The van der Waals surface area contributed by atoms with Crippen LogP contribution in [0.25, 0.3) is 0 Å². The maximum atomic E-state index is 11.9. The van der Waals surface area contributed by atoms with Crippen molar-refractivity contribution in [2.24, 2.45) is 5.73 Å². The third kappa shape index (κ3) is 3.76. The summed E-state index contributed by atoms with van der Waals surface area (Å²) < 4.78 is 0. The molecule has 0 aliphatic heterocycles. The zero-order chi connectivity index (χ0) is 14.6. The lowest BCUT2D eigenvalue weighted by Crippen LogP contribution is -2.53. The Hall–Kier alpha value is -1.10. The molecule has 4 nitrogen and oxygen atoms in total. The Morgan fingerprint density at radius 1 is 1.33 bits per heavy atom. The fraction of sp³-hybridized carbons (Fsp3) is 0.562. The summed E-state index contributed by atoms with van der Waals surface area (Å²) >= 11 is 0. The second kappa shape index (κ2) is 7.78. The van der Waals surface area contributed by atoms with Crippen LogP contribution in [0, 0.1) is 0 Å². The summed E-state index contributed by atoms with van der Waals surface area (Å²) in [5.74, 6) is -0.276. The molecule has 1 aromatic carbocycles. The van der Waals surface area contributed by atoms with Crippen LogP contribution >= 0.6 is 12.4 Å². The molecule has 2 atom stereocenters. The van der Waals surface area contributed by atoms with Gasteiger partial charge in [0.05, 0.1) is 6.61 Å². The molecule has 1 aliphatic rings. The van der Waals surface area contributed by atoms with Crippen LogP contribution < -0.4 is 11.1 Å². The van der Waals surface area contributed by atoms with E-state index >= 15 is 0 Å². The molecule has 0 spiro atoms. The van der Waals surface area contributed by atoms with Gasteiger partial charge in [-0.1, -0.05) is 43.2 Å². The van der Waals surface area contributed by atoms with E-state index in [4.69, 9.17) is 10.8 Å². The number of carbonyl (C=O) groups excluding carboxylic acids is 1. The first kappa shape index (κ1) is 18.0. The second-order valence-electron chi connectivity index (χ2n) is 5.75. The van der Waals surface area contributed by atoms with Gasteiger partial charge in [-0.05, 0) is 25.3 Å². The first-order valence-electron chi connectivity index (χ1n) is 7.32. The molecule has 1 unspecified atom stereocenters. The summed E-state index contributed by atoms with van der Waals surface area (Å²) in [5.41, 5.74) is 6.86. The van der Waals surface area contributed by atoms with Crippen molar-refractivity contribution in [1.29, 1.82) is 0 Å². The summed E-state index contributed by atoms with van der Waals surface area (Å²) in [7, 11) is 0. The molecular weight excluding hydrogens is 288 g/mol. The van der Waals surface area contributed by atoms with Crippen LogP contribution in [0.15, 0.2) is 30.3 Å². The van der Waals surface area contributed by atoms with E-state index in [1.54, 1.807) is 0 Å². The van der Waals surface area contributed by atoms with Crippen LogP contribution in [0.1, 0.15) is 38.2 Å². The van der Waals surface area contributed by atoms with Crippen molar-refractivity contribution in [3.8, 4) is 0 Å². The van der Waals surface area contributed by atoms with E-state index in [1.807, 2.05) is 25.1 Å². The Bertz CT molecular complexity index is 447. The van der Waals surface area contributed by atoms with E-state index in [-0.39, 0.29) is 36.4 Å². The topological polar surface area (TPSA) is 75.4 Å². The van der Waals surface area contributed by atoms with E-state index in [9.17, 15) is 4.79 Å². The molecule has 1 aromatic rings. The zero-order valence-electron chi connectivity index (χ0n) is 12.4. The predicted octanol–water partition coefficient (Wildman–Crippen LogP) is 1.74. The van der Waals surface area contributed by atoms with Gasteiger partial charge in [-0.25, -0.2) is 0 Å². The number of hydrogen-bond acceptors (Lipinski definition) is 3. The second-order valence-corrected chi connectivity index (χ2v) is 5.75. The molecule has 21 heavy (non-hydrogen) atoms. The van der Waals surface area contributed by atoms with E-state index in [2.05, 4.69) is 17.4 Å². The molecule has 1 saturated carbocycles. The van der Waals surface area contributed by atoms with Gasteiger partial charge in [0.2, 0.25) is 5.91 Å². The molecule has 5 heteroatoms. The summed E-state index contributed by atoms with van der Waals surface area (Å²) in [4.78, 5) is 11.9. The van der Waals surface area contributed by atoms with Crippen molar-refractivity contribution in [3.63, 3.8) is 0 Å². The Kier molecular flexibility index (Phi) is 6.65. The molecule has 1 aliphatic carbocycles. The molecule has 4 N–H and O–H groups in total. The minimum absolute atomic E-state index is 0. The largest absolute Gasteiger partial charge is 0.394 e. The van der Waals surface area contributed by atoms with Crippen molar-refractivity contribution >= 4 is 18.3 Å². The fourth-order valence-electron chi connectivity index (χ4n) is 3.29. The van der Waals surface area contributed by atoms with Gasteiger partial charge in [-0.3, -0.25) is 4.79 Å². The van der Waals surface area contributed by atoms with Crippen molar-refractivity contribution in [1.82, 2.24) is 5.32 Å². The van der Waals surface area contributed by atoms with Crippen molar-refractivity contribution in [2.45, 2.75) is 50.1 Å². The molecule has 1 amide bonds. The maximum Gasteiger partial charge on any atom is 0.239 e. The van der Waals surface area contributed by atoms with Crippen LogP contribution in [0.2, 0.25) is 0 Å². The third-order valence-electron chi connectivity index (χ3n) is 4.57. The van der Waals surface area contributed by atoms with E-state index in [0.29, 0.717) is 0 Å². The highest BCUT2D eigenvalue weighted by atomic mass is 35.5. The lowest BCUT2D eigenvalue weighted by molar-refractivity contribution is -0.124. The van der Waals surface area contributed by atoms with Gasteiger partial charge < -0.3 is 16.2 Å². The number of hydrogen-bond donors (Lipinski definition) is 3. The van der Waals surface area contributed by atoms with E-state index < -0.39 is 6.04 Å². The zero-order valence-corrected chi connectivity index (χ0v) is 13.2. The number of aliphatic hydroxyl groups excluding tert-OH is 1. The Morgan fingerprint density at radius 3 is 2.43 bits per heavy atom.